The van der Waals surface area contributed by atoms with Crippen molar-refractivity contribution in [3.05, 3.63) is 230 Å². The number of pyridine rings is 2. The van der Waals surface area contributed by atoms with Crippen LogP contribution in [-0.2, 0) is 11.3 Å². The summed E-state index contributed by atoms with van der Waals surface area (Å²) in [7, 11) is 3.14. The van der Waals surface area contributed by atoms with Crippen LogP contribution in [0.25, 0.3) is 66.5 Å². The zero-order valence-electron chi connectivity index (χ0n) is 37.9. The summed E-state index contributed by atoms with van der Waals surface area (Å²) in [4.78, 5) is 84.0. The predicted molar refractivity (Wildman–Crippen MR) is 268 cm³/mol. The van der Waals surface area contributed by atoms with Crippen LogP contribution in [0.2, 0.25) is 0 Å². The van der Waals surface area contributed by atoms with E-state index in [1.54, 1.807) is 49.1 Å². The van der Waals surface area contributed by atoms with E-state index in [1.807, 2.05) is 132 Å². The normalized spacial score (nSPS) is 11.1. The first-order valence-corrected chi connectivity index (χ1v) is 22.1. The first-order valence-electron chi connectivity index (χ1n) is 22.1. The van der Waals surface area contributed by atoms with Gasteiger partial charge in [0.15, 0.2) is 11.5 Å². The van der Waals surface area contributed by atoms with Crippen LogP contribution < -0.4 is 26.3 Å². The fraction of sp³-hybridized carbons (Fsp3) is 0.0536. The molecule has 0 amide bonds. The number of hydrogen-bond acceptors (Lipinski definition) is 10. The van der Waals surface area contributed by atoms with Crippen molar-refractivity contribution in [1.29, 1.82) is 0 Å². The minimum atomic E-state index is -1.33. The molecule has 0 atom stereocenters. The highest BCUT2D eigenvalue weighted by Crippen LogP contribution is 2.42. The molecular weight excluding hydrogens is 903 g/mol. The van der Waals surface area contributed by atoms with Crippen molar-refractivity contribution in [2.24, 2.45) is 0 Å². The average Bonchev–Trinajstić information content (AvgIpc) is 3.93. The molecule has 0 bridgehead atoms. The monoisotopic (exact) mass is 941 g/mol. The van der Waals surface area contributed by atoms with Gasteiger partial charge < -0.3 is 32.8 Å². The third-order valence-electron chi connectivity index (χ3n) is 12.0. The molecule has 0 unspecified atom stereocenters. The Labute approximate surface area is 401 Å². The highest BCUT2D eigenvalue weighted by Gasteiger charge is 2.28. The average molecular weight is 942 g/mol. The maximum atomic E-state index is 14.0. The molecule has 0 saturated carbocycles. The number of carboxylic acid groups (broad SMARTS) is 1. The third-order valence-corrected chi connectivity index (χ3v) is 12.0. The number of carbonyl (C=O) groups is 3. The minimum absolute atomic E-state index is 0.0331. The summed E-state index contributed by atoms with van der Waals surface area (Å²) < 4.78 is 21.1. The Morgan fingerprint density at radius 2 is 1.07 bits per heavy atom. The fourth-order valence-electron chi connectivity index (χ4n) is 8.82. The van der Waals surface area contributed by atoms with E-state index in [9.17, 15) is 28.8 Å². The molecule has 0 aliphatic heterocycles. The molecule has 6 heterocycles. The molecule has 11 aromatic rings. The van der Waals surface area contributed by atoms with Crippen LogP contribution in [0.15, 0.2) is 195 Å². The van der Waals surface area contributed by atoms with E-state index in [2.05, 4.69) is 9.97 Å². The van der Waals surface area contributed by atoms with Gasteiger partial charge >= 0.3 is 17.3 Å². The van der Waals surface area contributed by atoms with Crippen LogP contribution in [0.1, 0.15) is 32.1 Å². The summed E-state index contributed by atoms with van der Waals surface area (Å²) in [5.41, 5.74) is 4.96. The van der Waals surface area contributed by atoms with Gasteiger partial charge in [0.05, 0.1) is 58.2 Å². The van der Waals surface area contributed by atoms with Gasteiger partial charge in [0.1, 0.15) is 17.9 Å². The Balaban J connectivity index is 0.000000164. The van der Waals surface area contributed by atoms with E-state index in [-0.39, 0.29) is 39.3 Å². The standard InChI is InChI=1S/C30H20N2O4.C26H19N3O6/c1-35-28-24-14-8-9-17-32(24)26(25(28)19-10-4-2-5-11-19)27(33)21-15-16-23-22(18-21)30(34)36-29(31-23)20-12-6-3-7-13-20;1-35-24-19-9-5-6-12-28(19)22(21(24)15-7-3-2-4-8-15)23(32)16-10-11-18-17(13-16)25(33)29(14-20(30)31)26(34)27-18/h2-18H,1H3;2-13H,14H2,1H3,(H,27,34)(H,30,31). The van der Waals surface area contributed by atoms with Crippen molar-refractivity contribution >= 4 is 50.4 Å². The number of carbonyl (C=O) groups excluding carboxylic acids is 2. The Bertz CT molecular complexity index is 4080. The van der Waals surface area contributed by atoms with E-state index < -0.39 is 29.4 Å². The van der Waals surface area contributed by atoms with E-state index in [0.29, 0.717) is 60.7 Å². The lowest BCUT2D eigenvalue weighted by Crippen LogP contribution is -2.37. The topological polar surface area (TPSA) is 197 Å². The predicted octanol–water partition coefficient (Wildman–Crippen LogP) is 8.95. The zero-order chi connectivity index (χ0) is 49.3. The Hall–Kier alpha value is -9.89. The molecule has 15 nitrogen and oxygen atoms in total. The van der Waals surface area contributed by atoms with Gasteiger partial charge in [0.2, 0.25) is 17.5 Å². The Morgan fingerprint density at radius 1 is 0.592 bits per heavy atom. The van der Waals surface area contributed by atoms with Crippen molar-refractivity contribution in [2.45, 2.75) is 6.54 Å². The van der Waals surface area contributed by atoms with Gasteiger partial charge in [0.25, 0.3) is 5.56 Å². The number of carboxylic acids is 1. The van der Waals surface area contributed by atoms with Gasteiger partial charge in [-0.2, -0.15) is 0 Å². The molecule has 5 aromatic carbocycles. The highest BCUT2D eigenvalue weighted by atomic mass is 16.5. The number of aromatic nitrogens is 5. The maximum absolute atomic E-state index is 14.0. The van der Waals surface area contributed by atoms with Crippen LogP contribution in [0.3, 0.4) is 0 Å². The number of aromatic amines is 1. The second-order valence-corrected chi connectivity index (χ2v) is 16.2. The number of rotatable bonds is 11. The Morgan fingerprint density at radius 3 is 1.58 bits per heavy atom. The molecule has 0 fully saturated rings. The molecule has 0 radical (unpaired) electrons. The number of nitrogens with zero attached hydrogens (tertiary/aromatic N) is 4. The molecular formula is C56H39N5O10. The first-order chi connectivity index (χ1) is 34.6. The number of methoxy groups -OCH3 is 2. The quantitative estimate of drug-likeness (QED) is 0.117. The molecule has 6 aromatic heterocycles. The van der Waals surface area contributed by atoms with E-state index in [1.165, 1.54) is 18.2 Å². The minimum Gasteiger partial charge on any atom is -0.494 e. The summed E-state index contributed by atoms with van der Waals surface area (Å²) >= 11 is 0. The molecule has 0 spiro atoms. The van der Waals surface area contributed by atoms with Gasteiger partial charge in [0, 0.05) is 29.1 Å². The zero-order valence-corrected chi connectivity index (χ0v) is 37.9. The smallest absolute Gasteiger partial charge is 0.347 e. The van der Waals surface area contributed by atoms with Gasteiger partial charge in [-0.3, -0.25) is 19.2 Å². The van der Waals surface area contributed by atoms with E-state index >= 15 is 0 Å². The highest BCUT2D eigenvalue weighted by molar-refractivity contribution is 6.16. The number of nitrogens with one attached hydrogen (secondary N) is 1. The molecule has 2 N–H and O–H groups in total. The lowest BCUT2D eigenvalue weighted by Gasteiger charge is -2.09. The largest absolute Gasteiger partial charge is 0.494 e. The number of fused-ring (bicyclic) bond motifs is 4. The molecule has 0 aliphatic carbocycles. The van der Waals surface area contributed by atoms with Crippen LogP contribution in [-0.4, -0.2) is 60.2 Å². The van der Waals surface area contributed by atoms with Crippen LogP contribution in [0.4, 0.5) is 0 Å². The lowest BCUT2D eigenvalue weighted by atomic mass is 9.98. The number of ether oxygens (including phenoxy) is 2. The van der Waals surface area contributed by atoms with Gasteiger partial charge in [-0.15, -0.1) is 0 Å². The van der Waals surface area contributed by atoms with Crippen LogP contribution in [0, 0.1) is 0 Å². The number of aliphatic carboxylic acids is 1. The van der Waals surface area contributed by atoms with E-state index in [0.717, 1.165) is 16.6 Å². The van der Waals surface area contributed by atoms with E-state index in [4.69, 9.17) is 19.0 Å². The second kappa shape index (κ2) is 18.7. The van der Waals surface area contributed by atoms with Crippen LogP contribution in [0.5, 0.6) is 11.5 Å². The molecule has 0 saturated heterocycles. The van der Waals surface area contributed by atoms with Crippen molar-refractivity contribution < 1.29 is 33.4 Å². The number of ketones is 2. The van der Waals surface area contributed by atoms with Crippen LogP contribution >= 0.6 is 0 Å². The molecule has 71 heavy (non-hydrogen) atoms. The first kappa shape index (κ1) is 44.9. The summed E-state index contributed by atoms with van der Waals surface area (Å²) in [5.74, 6) is -0.560. The Kier molecular flexibility index (Phi) is 11.8. The second-order valence-electron chi connectivity index (χ2n) is 16.2. The number of hydrogen-bond donors (Lipinski definition) is 2. The summed E-state index contributed by atoms with van der Waals surface area (Å²) in [5, 5.41) is 9.34. The lowest BCUT2D eigenvalue weighted by molar-refractivity contribution is -0.137. The summed E-state index contributed by atoms with van der Waals surface area (Å²) in [6, 6.07) is 48.7. The molecule has 0 aliphatic rings. The fourth-order valence-corrected chi connectivity index (χ4v) is 8.82. The SMILES string of the molecule is COc1c(-c2ccccc2)c(C(=O)c2ccc3[nH]c(=O)n(CC(=O)O)c(=O)c3c2)n2ccccc12.COc1c(-c2ccccc2)c(C(=O)c2ccc3nc(-c4ccccc4)oc(=O)c3c2)n2ccccc12. The molecule has 15 heteroatoms. The maximum Gasteiger partial charge on any atom is 0.347 e. The van der Waals surface area contributed by atoms with Gasteiger partial charge in [-0.05, 0) is 83.9 Å². The van der Waals surface area contributed by atoms with Crippen molar-refractivity contribution in [2.75, 3.05) is 14.2 Å². The van der Waals surface area contributed by atoms with Crippen molar-refractivity contribution in [3.63, 3.8) is 0 Å². The number of H-pyrrole nitrogens is 1. The van der Waals surface area contributed by atoms with Gasteiger partial charge in [-0.25, -0.2) is 19.1 Å². The molecule has 348 valence electrons. The summed E-state index contributed by atoms with van der Waals surface area (Å²) in [6.45, 7) is -0.791. The third kappa shape index (κ3) is 8.12. The van der Waals surface area contributed by atoms with Gasteiger partial charge in [-0.1, -0.05) is 91.0 Å². The number of benzene rings is 5. The molecule has 11 rings (SSSR count). The van der Waals surface area contributed by atoms with Crippen molar-refractivity contribution in [1.82, 2.24) is 23.3 Å². The summed E-state index contributed by atoms with van der Waals surface area (Å²) in [6.07, 6.45) is 3.59. The van der Waals surface area contributed by atoms with Crippen molar-refractivity contribution in [3.8, 4) is 45.2 Å².